The van der Waals surface area contributed by atoms with Crippen molar-refractivity contribution >= 4 is 5.97 Å². The highest BCUT2D eigenvalue weighted by Crippen LogP contribution is 2.08. The summed E-state index contributed by atoms with van der Waals surface area (Å²) in [7, 11) is 0. The van der Waals surface area contributed by atoms with Gasteiger partial charge in [-0.05, 0) is 19.3 Å². The fourth-order valence-electron chi connectivity index (χ4n) is 2.40. The van der Waals surface area contributed by atoms with Crippen molar-refractivity contribution < 1.29 is 35.1 Å². The maximum atomic E-state index is 11.4. The quantitative estimate of drug-likeness (QED) is 0.137. The number of aliphatic hydroxyl groups excluding tert-OH is 5. The first kappa shape index (κ1) is 28.2. The van der Waals surface area contributed by atoms with Gasteiger partial charge in [0.05, 0.1) is 24.9 Å². The van der Waals surface area contributed by atoms with E-state index in [0.717, 1.165) is 25.7 Å². The molecule has 0 heterocycles. The van der Waals surface area contributed by atoms with Crippen LogP contribution in [0.3, 0.4) is 0 Å². The molecule has 0 aliphatic carbocycles. The Hall–Kier alpha value is -1.77. The SMILES string of the molecule is CCCCC[C@@H](O)/C=C/C=C\C=C\C=C\[C@@H](O)[C@H](O)CCCC(=O)OC[C@@H](O)CO. The van der Waals surface area contributed by atoms with Gasteiger partial charge in [-0.25, -0.2) is 0 Å². The monoisotopic (exact) mass is 426 g/mol. The number of ether oxygens (including phenoxy) is 1. The van der Waals surface area contributed by atoms with Crippen molar-refractivity contribution in [1.82, 2.24) is 0 Å². The summed E-state index contributed by atoms with van der Waals surface area (Å²) in [6.45, 7) is 1.38. The van der Waals surface area contributed by atoms with Crippen LogP contribution in [0.15, 0.2) is 48.6 Å². The predicted molar refractivity (Wildman–Crippen MR) is 117 cm³/mol. The molecule has 0 rings (SSSR count). The molecular weight excluding hydrogens is 388 g/mol. The summed E-state index contributed by atoms with van der Waals surface area (Å²) in [5, 5.41) is 47.2. The molecule has 0 amide bonds. The van der Waals surface area contributed by atoms with Gasteiger partial charge in [-0.15, -0.1) is 0 Å². The summed E-state index contributed by atoms with van der Waals surface area (Å²) in [6, 6.07) is 0. The van der Waals surface area contributed by atoms with E-state index in [1.807, 2.05) is 0 Å². The van der Waals surface area contributed by atoms with Gasteiger partial charge < -0.3 is 30.3 Å². The van der Waals surface area contributed by atoms with Crippen LogP contribution in [0.1, 0.15) is 51.9 Å². The van der Waals surface area contributed by atoms with Gasteiger partial charge in [0.25, 0.3) is 0 Å². The Labute approximate surface area is 179 Å². The maximum Gasteiger partial charge on any atom is 0.305 e. The second kappa shape index (κ2) is 19.2. The van der Waals surface area contributed by atoms with Crippen LogP contribution in [0, 0.1) is 0 Å². The van der Waals surface area contributed by atoms with Crippen LogP contribution in [0.5, 0.6) is 0 Å². The number of carbonyl (C=O) groups excluding carboxylic acids is 1. The standard InChI is InChI=1S/C23H38O7/c1-2-3-8-12-19(25)13-9-6-4-5-7-10-14-21(27)22(28)15-11-16-23(29)30-18-20(26)17-24/h4-7,9-10,13-14,19-22,24-28H,2-3,8,11-12,15-18H2,1H3/b6-4-,7-5+,13-9+,14-10+/t19-,20+,21-,22-/m1/s1. The number of carbonyl (C=O) groups is 1. The Kier molecular flexibility index (Phi) is 18.1. The van der Waals surface area contributed by atoms with E-state index >= 15 is 0 Å². The number of allylic oxidation sites excluding steroid dienone is 6. The molecule has 0 saturated heterocycles. The molecule has 4 atom stereocenters. The lowest BCUT2D eigenvalue weighted by Gasteiger charge is -2.14. The maximum absolute atomic E-state index is 11.4. The van der Waals surface area contributed by atoms with Crippen molar-refractivity contribution in [3.05, 3.63) is 48.6 Å². The highest BCUT2D eigenvalue weighted by Gasteiger charge is 2.14. The van der Waals surface area contributed by atoms with Crippen molar-refractivity contribution in [3.8, 4) is 0 Å². The number of hydrogen-bond acceptors (Lipinski definition) is 7. The lowest BCUT2D eigenvalue weighted by molar-refractivity contribution is -0.147. The molecular formula is C23H38O7. The second-order valence-corrected chi connectivity index (χ2v) is 7.07. The zero-order chi connectivity index (χ0) is 22.6. The Morgan fingerprint density at radius 1 is 0.867 bits per heavy atom. The molecule has 0 bridgehead atoms. The van der Waals surface area contributed by atoms with Crippen molar-refractivity contribution in [3.63, 3.8) is 0 Å². The van der Waals surface area contributed by atoms with Crippen molar-refractivity contribution in [2.24, 2.45) is 0 Å². The van der Waals surface area contributed by atoms with Gasteiger partial charge in [-0.2, -0.15) is 0 Å². The van der Waals surface area contributed by atoms with Crippen LogP contribution < -0.4 is 0 Å². The molecule has 0 fully saturated rings. The van der Waals surface area contributed by atoms with Gasteiger partial charge >= 0.3 is 5.97 Å². The Morgan fingerprint density at radius 3 is 2.13 bits per heavy atom. The number of rotatable bonds is 17. The highest BCUT2D eigenvalue weighted by molar-refractivity contribution is 5.69. The van der Waals surface area contributed by atoms with E-state index in [4.69, 9.17) is 14.9 Å². The minimum absolute atomic E-state index is 0.0527. The zero-order valence-electron chi connectivity index (χ0n) is 17.8. The summed E-state index contributed by atoms with van der Waals surface area (Å²) in [5.74, 6) is -0.531. The van der Waals surface area contributed by atoms with Crippen LogP contribution in [0.25, 0.3) is 0 Å². The highest BCUT2D eigenvalue weighted by atomic mass is 16.5. The van der Waals surface area contributed by atoms with E-state index < -0.39 is 37.0 Å². The first-order valence-electron chi connectivity index (χ1n) is 10.6. The fourth-order valence-corrected chi connectivity index (χ4v) is 2.40. The van der Waals surface area contributed by atoms with Crippen LogP contribution in [0.4, 0.5) is 0 Å². The summed E-state index contributed by atoms with van der Waals surface area (Å²) in [5.41, 5.74) is 0. The molecule has 0 radical (unpaired) electrons. The molecule has 0 saturated carbocycles. The molecule has 0 aromatic heterocycles. The van der Waals surface area contributed by atoms with Crippen LogP contribution in [-0.4, -0.2) is 69.1 Å². The molecule has 30 heavy (non-hydrogen) atoms. The van der Waals surface area contributed by atoms with Crippen LogP contribution in [-0.2, 0) is 9.53 Å². The lowest BCUT2D eigenvalue weighted by Crippen LogP contribution is -2.24. The van der Waals surface area contributed by atoms with Gasteiger partial charge in [0, 0.05) is 6.42 Å². The first-order valence-corrected chi connectivity index (χ1v) is 10.6. The van der Waals surface area contributed by atoms with Gasteiger partial charge in [0.1, 0.15) is 12.7 Å². The fraction of sp³-hybridized carbons (Fsp3) is 0.609. The normalized spacial score (nSPS) is 16.6. The van der Waals surface area contributed by atoms with E-state index in [1.54, 1.807) is 42.5 Å². The Bertz CT molecular complexity index is 540. The van der Waals surface area contributed by atoms with E-state index in [2.05, 4.69) is 6.92 Å². The number of esters is 1. The predicted octanol–water partition coefficient (Wildman–Crippen LogP) is 1.94. The van der Waals surface area contributed by atoms with Gasteiger partial charge in [-0.3, -0.25) is 4.79 Å². The van der Waals surface area contributed by atoms with E-state index in [0.29, 0.717) is 6.42 Å². The number of unbranched alkanes of at least 4 members (excludes halogenated alkanes) is 2. The number of aliphatic hydroxyl groups is 5. The topological polar surface area (TPSA) is 127 Å². The minimum Gasteiger partial charge on any atom is -0.463 e. The van der Waals surface area contributed by atoms with E-state index in [9.17, 15) is 20.1 Å². The Morgan fingerprint density at radius 2 is 1.50 bits per heavy atom. The largest absolute Gasteiger partial charge is 0.463 e. The van der Waals surface area contributed by atoms with E-state index in [1.165, 1.54) is 6.08 Å². The molecule has 7 nitrogen and oxygen atoms in total. The smallest absolute Gasteiger partial charge is 0.305 e. The van der Waals surface area contributed by atoms with Crippen LogP contribution in [0.2, 0.25) is 0 Å². The van der Waals surface area contributed by atoms with E-state index in [-0.39, 0.29) is 19.4 Å². The summed E-state index contributed by atoms with van der Waals surface area (Å²) in [6.07, 6.45) is 14.8. The third-order valence-corrected chi connectivity index (χ3v) is 4.22. The third-order valence-electron chi connectivity index (χ3n) is 4.22. The molecule has 0 spiro atoms. The van der Waals surface area contributed by atoms with Crippen molar-refractivity contribution in [2.45, 2.75) is 76.3 Å². The summed E-state index contributed by atoms with van der Waals surface area (Å²) in [4.78, 5) is 11.4. The number of hydrogen-bond donors (Lipinski definition) is 5. The Balaban J connectivity index is 3.99. The van der Waals surface area contributed by atoms with Crippen LogP contribution >= 0.6 is 0 Å². The zero-order valence-corrected chi connectivity index (χ0v) is 17.8. The lowest BCUT2D eigenvalue weighted by atomic mass is 10.1. The first-order chi connectivity index (χ1) is 14.4. The summed E-state index contributed by atoms with van der Waals surface area (Å²) < 4.78 is 4.75. The molecule has 172 valence electrons. The third kappa shape index (κ3) is 17.1. The summed E-state index contributed by atoms with van der Waals surface area (Å²) >= 11 is 0. The molecule has 0 aromatic carbocycles. The van der Waals surface area contributed by atoms with Gasteiger partial charge in [-0.1, -0.05) is 74.8 Å². The van der Waals surface area contributed by atoms with Gasteiger partial charge in [0.15, 0.2) is 0 Å². The average molecular weight is 427 g/mol. The second-order valence-electron chi connectivity index (χ2n) is 7.07. The molecule has 0 unspecified atom stereocenters. The van der Waals surface area contributed by atoms with Gasteiger partial charge in [0.2, 0.25) is 0 Å². The van der Waals surface area contributed by atoms with Crippen molar-refractivity contribution in [2.75, 3.05) is 13.2 Å². The minimum atomic E-state index is -1.09. The molecule has 7 heteroatoms. The average Bonchev–Trinajstić information content (AvgIpc) is 2.73. The molecule has 5 N–H and O–H groups in total. The van der Waals surface area contributed by atoms with Crippen molar-refractivity contribution in [1.29, 1.82) is 0 Å². The molecule has 0 aliphatic heterocycles. The molecule has 0 aromatic rings. The molecule has 0 aliphatic rings.